The molecule has 1 unspecified atom stereocenters. The lowest BCUT2D eigenvalue weighted by Crippen LogP contribution is -2.38. The van der Waals surface area contributed by atoms with Gasteiger partial charge in [-0.1, -0.05) is 12.2 Å². The van der Waals surface area contributed by atoms with Gasteiger partial charge in [0.2, 0.25) is 0 Å². The highest BCUT2D eigenvalue weighted by Gasteiger charge is 2.26. The molecule has 2 heterocycles. The number of aromatic amines is 1. The van der Waals surface area contributed by atoms with Gasteiger partial charge in [-0.15, -0.1) is 0 Å². The van der Waals surface area contributed by atoms with E-state index in [1.807, 2.05) is 0 Å². The van der Waals surface area contributed by atoms with Crippen molar-refractivity contribution in [2.45, 2.75) is 51.5 Å². The van der Waals surface area contributed by atoms with Crippen molar-refractivity contribution in [3.05, 3.63) is 39.6 Å². The molecule has 0 spiro atoms. The zero-order valence-electron chi connectivity index (χ0n) is 13.2. The van der Waals surface area contributed by atoms with Crippen LogP contribution in [0.2, 0.25) is 0 Å². The molecule has 4 heteroatoms. The number of nitrogens with one attached hydrogen (secondary N) is 1. The summed E-state index contributed by atoms with van der Waals surface area (Å²) < 4.78 is 0. The molecule has 4 nitrogen and oxygen atoms in total. The average molecular weight is 299 g/mol. The van der Waals surface area contributed by atoms with Gasteiger partial charge in [-0.2, -0.15) is 0 Å². The molecule has 1 saturated carbocycles. The molecule has 0 amide bonds. The van der Waals surface area contributed by atoms with Crippen LogP contribution in [0, 0.1) is 11.8 Å². The third kappa shape index (κ3) is 3.17. The molecule has 1 fully saturated rings. The molecular weight excluding hydrogens is 274 g/mol. The van der Waals surface area contributed by atoms with Crippen LogP contribution in [-0.2, 0) is 19.4 Å². The normalized spacial score (nSPS) is 25.2. The Kier molecular flexibility index (Phi) is 3.87. The van der Waals surface area contributed by atoms with Gasteiger partial charge in [0.1, 0.15) is 5.82 Å². The molecular formula is C18H25N3O. The number of rotatable bonds is 4. The molecule has 0 saturated heterocycles. The third-order valence-electron chi connectivity index (χ3n) is 5.27. The van der Waals surface area contributed by atoms with Crippen LogP contribution in [0.5, 0.6) is 0 Å². The first-order valence-corrected chi connectivity index (χ1v) is 8.76. The Morgan fingerprint density at radius 2 is 2.14 bits per heavy atom. The Morgan fingerprint density at radius 3 is 2.91 bits per heavy atom. The molecule has 2 aliphatic carbocycles. The fourth-order valence-electron chi connectivity index (χ4n) is 3.78. The maximum atomic E-state index is 12.3. The number of hydrogen-bond donors (Lipinski definition) is 1. The maximum absolute atomic E-state index is 12.3. The lowest BCUT2D eigenvalue weighted by molar-refractivity contribution is 0.202. The zero-order chi connectivity index (χ0) is 14.9. The van der Waals surface area contributed by atoms with Crippen molar-refractivity contribution < 1.29 is 0 Å². The van der Waals surface area contributed by atoms with E-state index < -0.39 is 0 Å². The smallest absolute Gasteiger partial charge is 0.254 e. The molecule has 4 rings (SSSR count). The second-order valence-corrected chi connectivity index (χ2v) is 7.22. The van der Waals surface area contributed by atoms with Gasteiger partial charge in [0.15, 0.2) is 0 Å². The number of nitrogens with zero attached hydrogens (tertiary/aromatic N) is 2. The second-order valence-electron chi connectivity index (χ2n) is 7.22. The first-order chi connectivity index (χ1) is 10.8. The van der Waals surface area contributed by atoms with Crippen LogP contribution >= 0.6 is 0 Å². The topological polar surface area (TPSA) is 49.0 Å². The van der Waals surface area contributed by atoms with Crippen LogP contribution < -0.4 is 5.56 Å². The summed E-state index contributed by atoms with van der Waals surface area (Å²) in [6, 6.07) is 0. The Labute approximate surface area is 131 Å². The fourth-order valence-corrected chi connectivity index (χ4v) is 3.78. The van der Waals surface area contributed by atoms with Crippen molar-refractivity contribution in [3.63, 3.8) is 0 Å². The molecule has 0 bridgehead atoms. The van der Waals surface area contributed by atoms with Crippen molar-refractivity contribution in [1.29, 1.82) is 0 Å². The van der Waals surface area contributed by atoms with Crippen LogP contribution in [0.1, 0.15) is 49.2 Å². The number of H-pyrrole nitrogens is 1. The first-order valence-electron chi connectivity index (χ1n) is 8.76. The van der Waals surface area contributed by atoms with E-state index in [0.29, 0.717) is 0 Å². The molecule has 22 heavy (non-hydrogen) atoms. The summed E-state index contributed by atoms with van der Waals surface area (Å²) in [5, 5.41) is 0. The molecule has 1 aromatic heterocycles. The predicted octanol–water partition coefficient (Wildman–Crippen LogP) is 2.44. The molecule has 1 N–H and O–H groups in total. The summed E-state index contributed by atoms with van der Waals surface area (Å²) in [7, 11) is 0. The largest absolute Gasteiger partial charge is 0.310 e. The minimum absolute atomic E-state index is 0.112. The lowest BCUT2D eigenvalue weighted by atomic mass is 9.93. The van der Waals surface area contributed by atoms with Gasteiger partial charge in [-0.3, -0.25) is 9.69 Å². The predicted molar refractivity (Wildman–Crippen MR) is 86.7 cm³/mol. The van der Waals surface area contributed by atoms with Crippen molar-refractivity contribution in [1.82, 2.24) is 14.9 Å². The summed E-state index contributed by atoms with van der Waals surface area (Å²) in [4.78, 5) is 22.6. The van der Waals surface area contributed by atoms with Gasteiger partial charge in [-0.05, 0) is 50.4 Å². The van der Waals surface area contributed by atoms with Crippen molar-refractivity contribution >= 4 is 0 Å². The minimum atomic E-state index is 0.112. The third-order valence-corrected chi connectivity index (χ3v) is 5.27. The van der Waals surface area contributed by atoms with E-state index >= 15 is 0 Å². The van der Waals surface area contributed by atoms with Gasteiger partial charge in [0.25, 0.3) is 5.56 Å². The fraction of sp³-hybridized carbons (Fsp3) is 0.667. The number of allylic oxidation sites excluding steroid dienone is 2. The SMILES string of the molecule is O=c1[nH]c(CC2CC2)nc2c1CCN(CC1CC=CCC1)C2. The molecule has 0 radical (unpaired) electrons. The number of hydrogen-bond acceptors (Lipinski definition) is 3. The summed E-state index contributed by atoms with van der Waals surface area (Å²) in [6.07, 6.45) is 12.7. The van der Waals surface area contributed by atoms with Gasteiger partial charge in [0.05, 0.1) is 5.69 Å². The van der Waals surface area contributed by atoms with E-state index in [1.165, 1.54) is 32.1 Å². The summed E-state index contributed by atoms with van der Waals surface area (Å²) in [6.45, 7) is 3.01. The Morgan fingerprint density at radius 1 is 1.23 bits per heavy atom. The van der Waals surface area contributed by atoms with Gasteiger partial charge >= 0.3 is 0 Å². The monoisotopic (exact) mass is 299 g/mol. The average Bonchev–Trinajstić information content (AvgIpc) is 3.32. The molecule has 1 atom stereocenters. The van der Waals surface area contributed by atoms with E-state index in [2.05, 4.69) is 22.0 Å². The van der Waals surface area contributed by atoms with Crippen molar-refractivity contribution in [3.8, 4) is 0 Å². The summed E-state index contributed by atoms with van der Waals surface area (Å²) >= 11 is 0. The number of fused-ring (bicyclic) bond motifs is 1. The standard InChI is InChI=1S/C18H25N3O/c22-18-15-8-9-21(11-14-4-2-1-3-5-14)12-16(15)19-17(20-18)10-13-6-7-13/h1-2,13-14H,3-12H2,(H,19,20,22). The lowest BCUT2D eigenvalue weighted by Gasteiger charge is -2.31. The maximum Gasteiger partial charge on any atom is 0.254 e. The highest BCUT2D eigenvalue weighted by Crippen LogP contribution is 2.31. The van der Waals surface area contributed by atoms with Crippen LogP contribution in [-0.4, -0.2) is 28.0 Å². The van der Waals surface area contributed by atoms with Gasteiger partial charge in [0, 0.05) is 31.6 Å². The Bertz CT molecular complexity index is 630. The molecule has 1 aromatic rings. The molecule has 0 aromatic carbocycles. The van der Waals surface area contributed by atoms with E-state index in [-0.39, 0.29) is 5.56 Å². The van der Waals surface area contributed by atoms with E-state index in [1.54, 1.807) is 0 Å². The molecule has 3 aliphatic rings. The summed E-state index contributed by atoms with van der Waals surface area (Å²) in [5.41, 5.74) is 2.08. The number of aromatic nitrogens is 2. The molecule has 1 aliphatic heterocycles. The van der Waals surface area contributed by atoms with Crippen LogP contribution in [0.3, 0.4) is 0 Å². The summed E-state index contributed by atoms with van der Waals surface area (Å²) in [5.74, 6) is 2.45. The Balaban J connectivity index is 1.47. The van der Waals surface area contributed by atoms with Crippen LogP contribution in [0.25, 0.3) is 0 Å². The second kappa shape index (κ2) is 5.99. The van der Waals surface area contributed by atoms with E-state index in [9.17, 15) is 4.79 Å². The Hall–Kier alpha value is -1.42. The van der Waals surface area contributed by atoms with E-state index in [0.717, 1.165) is 61.4 Å². The van der Waals surface area contributed by atoms with Crippen LogP contribution in [0.15, 0.2) is 16.9 Å². The first kappa shape index (κ1) is 14.2. The van der Waals surface area contributed by atoms with E-state index in [4.69, 9.17) is 4.98 Å². The van der Waals surface area contributed by atoms with Gasteiger partial charge in [-0.25, -0.2) is 4.98 Å². The highest BCUT2D eigenvalue weighted by atomic mass is 16.1. The van der Waals surface area contributed by atoms with Crippen molar-refractivity contribution in [2.24, 2.45) is 11.8 Å². The van der Waals surface area contributed by atoms with Crippen LogP contribution in [0.4, 0.5) is 0 Å². The minimum Gasteiger partial charge on any atom is -0.310 e. The molecule has 118 valence electrons. The highest BCUT2D eigenvalue weighted by molar-refractivity contribution is 5.21. The zero-order valence-corrected chi connectivity index (χ0v) is 13.2. The van der Waals surface area contributed by atoms with Crippen molar-refractivity contribution in [2.75, 3.05) is 13.1 Å². The van der Waals surface area contributed by atoms with Gasteiger partial charge < -0.3 is 4.98 Å². The quantitative estimate of drug-likeness (QED) is 0.869.